The summed E-state index contributed by atoms with van der Waals surface area (Å²) in [7, 11) is 1.64. The van der Waals surface area contributed by atoms with Crippen LogP contribution < -0.4 is 0 Å². The fraction of sp³-hybridized carbons (Fsp3) is 0.438. The van der Waals surface area contributed by atoms with Gasteiger partial charge in [-0.3, -0.25) is 4.68 Å². The zero-order chi connectivity index (χ0) is 15.2. The maximum Gasteiger partial charge on any atom is 0.104 e. The minimum atomic E-state index is -0.691. The van der Waals surface area contributed by atoms with Gasteiger partial charge in [-0.05, 0) is 12.0 Å². The summed E-state index contributed by atoms with van der Waals surface area (Å²) in [6.07, 6.45) is 1.70. The second-order valence-corrected chi connectivity index (χ2v) is 5.37. The van der Waals surface area contributed by atoms with E-state index in [0.717, 1.165) is 12.0 Å². The van der Waals surface area contributed by atoms with Crippen molar-refractivity contribution in [2.24, 2.45) is 0 Å². The number of ether oxygens (including phenoxy) is 1. The van der Waals surface area contributed by atoms with Crippen LogP contribution >= 0.6 is 11.6 Å². The van der Waals surface area contributed by atoms with Gasteiger partial charge in [-0.1, -0.05) is 48.9 Å². The zero-order valence-corrected chi connectivity index (χ0v) is 13.1. The van der Waals surface area contributed by atoms with Gasteiger partial charge >= 0.3 is 0 Å². The number of hydrogen-bond acceptors (Lipinski definition) is 3. The smallest absolute Gasteiger partial charge is 0.104 e. The summed E-state index contributed by atoms with van der Waals surface area (Å²) < 4.78 is 6.80. The summed E-state index contributed by atoms with van der Waals surface area (Å²) in [6, 6.07) is 9.99. The number of rotatable bonds is 7. The van der Waals surface area contributed by atoms with E-state index in [0.29, 0.717) is 23.9 Å². The van der Waals surface area contributed by atoms with Crippen LogP contribution in [0.3, 0.4) is 0 Å². The van der Waals surface area contributed by atoms with Gasteiger partial charge in [-0.15, -0.1) is 0 Å². The van der Waals surface area contributed by atoms with Gasteiger partial charge in [0.25, 0.3) is 0 Å². The lowest BCUT2D eigenvalue weighted by atomic mass is 9.89. The Kier molecular flexibility index (Phi) is 5.79. The average Bonchev–Trinajstić information content (AvgIpc) is 2.87. The molecule has 0 spiro atoms. The molecule has 2 aromatic rings. The Morgan fingerprint density at radius 1 is 1.33 bits per heavy atom. The highest BCUT2D eigenvalue weighted by Gasteiger charge is 2.26. The zero-order valence-electron chi connectivity index (χ0n) is 12.4. The van der Waals surface area contributed by atoms with Crippen LogP contribution in [0.1, 0.15) is 36.6 Å². The summed E-state index contributed by atoms with van der Waals surface area (Å²) in [5.74, 6) is -0.0123. The number of aliphatic hydroxyl groups is 1. The molecule has 1 heterocycles. The summed E-state index contributed by atoms with van der Waals surface area (Å²) in [5, 5.41) is 15.5. The number of hydrogen-bond donors (Lipinski definition) is 1. The van der Waals surface area contributed by atoms with Gasteiger partial charge in [-0.2, -0.15) is 5.10 Å². The van der Waals surface area contributed by atoms with Gasteiger partial charge in [0.2, 0.25) is 0 Å². The Bertz CT molecular complexity index is 557. The third kappa shape index (κ3) is 3.64. The van der Waals surface area contributed by atoms with Crippen LogP contribution in [0.15, 0.2) is 36.5 Å². The molecule has 4 nitrogen and oxygen atoms in total. The van der Waals surface area contributed by atoms with Gasteiger partial charge < -0.3 is 9.84 Å². The highest BCUT2D eigenvalue weighted by molar-refractivity contribution is 6.31. The molecular weight excluding hydrogens is 288 g/mol. The molecule has 2 unspecified atom stereocenters. The molecule has 1 N–H and O–H groups in total. The number of benzene rings is 1. The van der Waals surface area contributed by atoms with Crippen molar-refractivity contribution >= 4 is 11.6 Å². The molecule has 5 heteroatoms. The van der Waals surface area contributed by atoms with Crippen molar-refractivity contribution in [2.75, 3.05) is 13.7 Å². The van der Waals surface area contributed by atoms with Crippen LogP contribution in [0.25, 0.3) is 0 Å². The Morgan fingerprint density at radius 3 is 2.67 bits per heavy atom. The highest BCUT2D eigenvalue weighted by Crippen LogP contribution is 2.36. The minimum absolute atomic E-state index is 0.0123. The van der Waals surface area contributed by atoms with Gasteiger partial charge in [0.15, 0.2) is 0 Å². The topological polar surface area (TPSA) is 47.3 Å². The molecule has 21 heavy (non-hydrogen) atoms. The molecule has 0 bridgehead atoms. The van der Waals surface area contributed by atoms with Crippen LogP contribution in [0.2, 0.25) is 5.02 Å². The van der Waals surface area contributed by atoms with E-state index >= 15 is 0 Å². The van der Waals surface area contributed by atoms with Crippen molar-refractivity contribution in [3.63, 3.8) is 0 Å². The van der Waals surface area contributed by atoms with Crippen molar-refractivity contribution in [1.82, 2.24) is 9.78 Å². The molecule has 0 saturated heterocycles. The average molecular weight is 309 g/mol. The number of nitrogens with zero attached hydrogens (tertiary/aromatic N) is 2. The molecule has 114 valence electrons. The second kappa shape index (κ2) is 7.59. The molecule has 0 amide bonds. The van der Waals surface area contributed by atoms with E-state index < -0.39 is 6.10 Å². The first-order valence-electron chi connectivity index (χ1n) is 7.12. The van der Waals surface area contributed by atoms with Crippen molar-refractivity contribution in [2.45, 2.75) is 31.9 Å². The van der Waals surface area contributed by atoms with Gasteiger partial charge in [0.1, 0.15) is 6.10 Å². The van der Waals surface area contributed by atoms with E-state index in [1.165, 1.54) is 0 Å². The van der Waals surface area contributed by atoms with E-state index in [4.69, 9.17) is 16.3 Å². The fourth-order valence-electron chi connectivity index (χ4n) is 2.55. The minimum Gasteiger partial charge on any atom is -0.386 e. The predicted octanol–water partition coefficient (Wildman–Crippen LogP) is 3.41. The van der Waals surface area contributed by atoms with E-state index in [2.05, 4.69) is 12.0 Å². The third-order valence-corrected chi connectivity index (χ3v) is 3.96. The third-order valence-electron chi connectivity index (χ3n) is 3.67. The van der Waals surface area contributed by atoms with E-state index in [-0.39, 0.29) is 5.92 Å². The normalized spacial score (nSPS) is 14.1. The van der Waals surface area contributed by atoms with E-state index in [1.54, 1.807) is 18.0 Å². The molecule has 2 atom stereocenters. The summed E-state index contributed by atoms with van der Waals surface area (Å²) >= 11 is 6.22. The second-order valence-electron chi connectivity index (χ2n) is 4.96. The predicted molar refractivity (Wildman–Crippen MR) is 83.5 cm³/mol. The monoisotopic (exact) mass is 308 g/mol. The van der Waals surface area contributed by atoms with Crippen LogP contribution in [0.4, 0.5) is 0 Å². The first kappa shape index (κ1) is 16.0. The molecule has 0 aliphatic carbocycles. The maximum absolute atomic E-state index is 10.8. The Hall–Kier alpha value is -1.36. The van der Waals surface area contributed by atoms with Gasteiger partial charge in [-0.25, -0.2) is 0 Å². The molecule has 0 fully saturated rings. The summed E-state index contributed by atoms with van der Waals surface area (Å²) in [6.45, 7) is 3.16. The molecule has 1 aromatic heterocycles. The summed E-state index contributed by atoms with van der Waals surface area (Å²) in [4.78, 5) is 0. The Balaban J connectivity index is 2.29. The van der Waals surface area contributed by atoms with Gasteiger partial charge in [0, 0.05) is 13.0 Å². The Labute approximate surface area is 130 Å². The van der Waals surface area contributed by atoms with E-state index in [9.17, 15) is 5.11 Å². The SMILES string of the molecule is CCC(c1ccccc1)C(O)c1c(Cl)cnn1CCOC. The van der Waals surface area contributed by atoms with Crippen molar-refractivity contribution in [1.29, 1.82) is 0 Å². The quantitative estimate of drug-likeness (QED) is 0.852. The number of aromatic nitrogens is 2. The standard InChI is InChI=1S/C16H21ClN2O2/c1-3-13(12-7-5-4-6-8-12)16(20)15-14(17)11-18-19(15)9-10-21-2/h4-8,11,13,16,20H,3,9-10H2,1-2H3. The van der Waals surface area contributed by atoms with Crippen LogP contribution in [0, 0.1) is 0 Å². The summed E-state index contributed by atoms with van der Waals surface area (Å²) in [5.41, 5.74) is 1.76. The fourth-order valence-corrected chi connectivity index (χ4v) is 2.81. The molecule has 0 aliphatic rings. The molecule has 0 aliphatic heterocycles. The largest absolute Gasteiger partial charge is 0.386 e. The molecule has 2 rings (SSSR count). The molecule has 0 radical (unpaired) electrons. The molecule has 1 aromatic carbocycles. The van der Waals surface area contributed by atoms with Crippen LogP contribution in [-0.4, -0.2) is 28.6 Å². The first-order chi connectivity index (χ1) is 10.2. The number of methoxy groups -OCH3 is 1. The van der Waals surface area contributed by atoms with Crippen LogP contribution in [-0.2, 0) is 11.3 Å². The first-order valence-corrected chi connectivity index (χ1v) is 7.50. The van der Waals surface area contributed by atoms with Crippen molar-refractivity contribution in [3.8, 4) is 0 Å². The van der Waals surface area contributed by atoms with Crippen LogP contribution in [0.5, 0.6) is 0 Å². The lowest BCUT2D eigenvalue weighted by molar-refractivity contribution is 0.126. The van der Waals surface area contributed by atoms with Crippen molar-refractivity contribution < 1.29 is 9.84 Å². The van der Waals surface area contributed by atoms with Gasteiger partial charge in [0.05, 0.1) is 30.1 Å². The van der Waals surface area contributed by atoms with E-state index in [1.807, 2.05) is 30.3 Å². The molecule has 0 saturated carbocycles. The number of halogens is 1. The number of aliphatic hydroxyl groups excluding tert-OH is 1. The Morgan fingerprint density at radius 2 is 2.05 bits per heavy atom. The molecular formula is C16H21ClN2O2. The van der Waals surface area contributed by atoms with Crippen molar-refractivity contribution in [3.05, 3.63) is 52.8 Å². The lowest BCUT2D eigenvalue weighted by Crippen LogP contribution is -2.17. The highest BCUT2D eigenvalue weighted by atomic mass is 35.5. The lowest BCUT2D eigenvalue weighted by Gasteiger charge is -2.23. The maximum atomic E-state index is 10.8.